The first kappa shape index (κ1) is 42.6. The number of esters is 1. The smallest absolute Gasteiger partial charge is 0.333 e. The number of rotatable bonds is 12. The molecule has 10 heteroatoms. The first-order valence-electron chi connectivity index (χ1n) is 22.1. The topological polar surface area (TPSA) is 161 Å². The molecule has 7 rings (SSSR count). The zero-order valence-corrected chi connectivity index (χ0v) is 36.1. The molecule has 0 aromatic carbocycles. The summed E-state index contributed by atoms with van der Waals surface area (Å²) in [6, 6.07) is 3.22. The lowest BCUT2D eigenvalue weighted by Gasteiger charge is -2.72. The first-order chi connectivity index (χ1) is 27.3. The molecule has 2 unspecified atom stereocenters. The van der Waals surface area contributed by atoms with Crippen LogP contribution < -0.4 is 15.8 Å². The van der Waals surface area contributed by atoms with Crippen molar-refractivity contribution in [3.8, 4) is 5.88 Å². The van der Waals surface area contributed by atoms with Gasteiger partial charge in [-0.2, -0.15) is 0 Å². The number of ether oxygens (including phenoxy) is 2. The van der Waals surface area contributed by atoms with Crippen molar-refractivity contribution in [2.45, 2.75) is 137 Å². The average molecular weight is 800 g/mol. The summed E-state index contributed by atoms with van der Waals surface area (Å²) in [6.07, 6.45) is 16.7. The fourth-order valence-electron chi connectivity index (χ4n) is 14.7. The highest BCUT2D eigenvalue weighted by atomic mass is 16.5. The number of carboxylic acids is 1. The molecular formula is C48H69N3O7. The molecule has 0 saturated heterocycles. The number of primary amides is 1. The predicted molar refractivity (Wildman–Crippen MR) is 224 cm³/mol. The number of fused-ring (bicyclic) bond motifs is 7. The van der Waals surface area contributed by atoms with Crippen molar-refractivity contribution in [2.75, 3.05) is 19.8 Å². The molecule has 11 atom stereocenters. The number of carboxylic acid groups (broad SMARTS) is 1. The summed E-state index contributed by atoms with van der Waals surface area (Å²) in [6.45, 7) is 21.7. The minimum absolute atomic E-state index is 0.0471. The van der Waals surface area contributed by atoms with E-state index in [0.717, 1.165) is 44.9 Å². The second-order valence-electron chi connectivity index (χ2n) is 20.6. The number of hydrogen-bond acceptors (Lipinski definition) is 8. The Morgan fingerprint density at radius 2 is 1.74 bits per heavy atom. The standard InChI is InChI=1S/C48H69N3O7/c1-9-57-42(56)47(28-58-40-32(39(49)53)11-10-26-50-40)21-14-30(15-22-47)33-17-19-44(6)36(43(33,4)5)18-20-46(8)37(44)13-12-34-38-31(29(2)3)16-23-48(38,25-24-45(34,46)7)51-27-35(52)41(54)55/h10-11,14,17,26,31,34-38,51-52H,2,9,12-13,15-16,18-25,27-28H2,1,3-8H3,(H2,49,53)(H,54,55)/t31-,34+,35?,36-,37+,38+,44-,45+,46+,47?,48-/m0/s1. The molecule has 0 aliphatic heterocycles. The Kier molecular flexibility index (Phi) is 11.2. The van der Waals surface area contributed by atoms with E-state index in [4.69, 9.17) is 15.2 Å². The lowest BCUT2D eigenvalue weighted by atomic mass is 9.33. The quantitative estimate of drug-likeness (QED) is 0.121. The number of hydrogen-bond donors (Lipinski definition) is 4. The van der Waals surface area contributed by atoms with Gasteiger partial charge in [0.2, 0.25) is 5.88 Å². The number of nitrogens with one attached hydrogen (secondary N) is 1. The molecule has 318 valence electrons. The largest absolute Gasteiger partial charge is 0.479 e. The number of aliphatic hydroxyl groups excluding tert-OH is 1. The van der Waals surface area contributed by atoms with Crippen LogP contribution in [0.3, 0.4) is 0 Å². The van der Waals surface area contributed by atoms with Gasteiger partial charge in [-0.15, -0.1) is 0 Å². The molecule has 5 N–H and O–H groups in total. The van der Waals surface area contributed by atoms with Crippen LogP contribution >= 0.6 is 0 Å². The maximum Gasteiger partial charge on any atom is 0.333 e. The van der Waals surface area contributed by atoms with Gasteiger partial charge in [-0.25, -0.2) is 9.78 Å². The van der Waals surface area contributed by atoms with Gasteiger partial charge < -0.3 is 30.7 Å². The summed E-state index contributed by atoms with van der Waals surface area (Å²) in [5.74, 6) is 0.398. The predicted octanol–water partition coefficient (Wildman–Crippen LogP) is 8.20. The summed E-state index contributed by atoms with van der Waals surface area (Å²) in [4.78, 5) is 41.6. The Balaban J connectivity index is 1.14. The molecule has 1 heterocycles. The molecule has 0 bridgehead atoms. The number of aromatic nitrogens is 1. The highest BCUT2D eigenvalue weighted by molar-refractivity contribution is 5.95. The van der Waals surface area contributed by atoms with Crippen LogP contribution in [0.25, 0.3) is 0 Å². The van der Waals surface area contributed by atoms with Gasteiger partial charge in [0.25, 0.3) is 5.91 Å². The number of aliphatic carboxylic acids is 1. The lowest BCUT2D eigenvalue weighted by molar-refractivity contribution is -0.221. The summed E-state index contributed by atoms with van der Waals surface area (Å²) >= 11 is 0. The van der Waals surface area contributed by atoms with E-state index in [2.05, 4.69) is 70.6 Å². The van der Waals surface area contributed by atoms with Crippen molar-refractivity contribution in [2.24, 2.45) is 62.4 Å². The van der Waals surface area contributed by atoms with Crippen LogP contribution in [0.4, 0.5) is 0 Å². The van der Waals surface area contributed by atoms with Gasteiger partial charge in [0.1, 0.15) is 17.6 Å². The third-order valence-corrected chi connectivity index (χ3v) is 17.8. The fraction of sp³-hybridized carbons (Fsp3) is 0.708. The fourth-order valence-corrected chi connectivity index (χ4v) is 14.7. The SMILES string of the molecule is C=C(C)[C@@H]1CC[C@]2(NCC(O)C(=O)O)CC[C@]3(C)[C@H](CC[C@@H]4[C@@]5(C)CC=C(C6=CCC(COc7ncccc7C(N)=O)(C(=O)OCC)CC6)C(C)(C)[C@@H]5CC[C@]43C)[C@@H]12. The van der Waals surface area contributed by atoms with E-state index in [-0.39, 0.29) is 64.4 Å². The van der Waals surface area contributed by atoms with Crippen molar-refractivity contribution in [1.29, 1.82) is 0 Å². The maximum atomic E-state index is 13.6. The summed E-state index contributed by atoms with van der Waals surface area (Å²) in [7, 11) is 0. The monoisotopic (exact) mass is 800 g/mol. The minimum Gasteiger partial charge on any atom is -0.479 e. The molecule has 4 fully saturated rings. The van der Waals surface area contributed by atoms with Crippen molar-refractivity contribution in [1.82, 2.24) is 10.3 Å². The number of carbonyl (C=O) groups excluding carboxylic acids is 2. The third kappa shape index (κ3) is 6.58. The molecule has 1 aromatic heterocycles. The van der Waals surface area contributed by atoms with Crippen molar-refractivity contribution in [3.05, 3.63) is 59.3 Å². The highest BCUT2D eigenvalue weighted by Crippen LogP contribution is 2.76. The third-order valence-electron chi connectivity index (χ3n) is 17.8. The average Bonchev–Trinajstić information content (AvgIpc) is 3.57. The van der Waals surface area contributed by atoms with Crippen LogP contribution in [0.1, 0.15) is 136 Å². The van der Waals surface area contributed by atoms with Gasteiger partial charge >= 0.3 is 11.9 Å². The Bertz CT molecular complexity index is 1890. The Morgan fingerprint density at radius 3 is 2.40 bits per heavy atom. The van der Waals surface area contributed by atoms with E-state index in [1.807, 2.05) is 6.92 Å². The normalized spacial score (nSPS) is 39.3. The molecular weight excluding hydrogens is 731 g/mol. The minimum atomic E-state index is -1.41. The molecule has 1 amide bonds. The molecule has 6 aliphatic rings. The van der Waals surface area contributed by atoms with E-state index in [1.165, 1.54) is 36.0 Å². The number of β-amino-alcohol motifs (C(OH)–C–C–N with tert-alkyl or cyclic N) is 1. The Labute approximate surface area is 345 Å². The summed E-state index contributed by atoms with van der Waals surface area (Å²) < 4.78 is 11.7. The number of allylic oxidation sites excluding steroid dienone is 5. The Hall–Kier alpha value is -3.50. The van der Waals surface area contributed by atoms with E-state index >= 15 is 0 Å². The van der Waals surface area contributed by atoms with Gasteiger partial charge in [0, 0.05) is 18.3 Å². The van der Waals surface area contributed by atoms with E-state index < -0.39 is 23.4 Å². The number of carbonyl (C=O) groups is 3. The lowest BCUT2D eigenvalue weighted by Crippen LogP contribution is -2.68. The van der Waals surface area contributed by atoms with Gasteiger partial charge in [-0.1, -0.05) is 58.9 Å². The molecule has 4 saturated carbocycles. The van der Waals surface area contributed by atoms with Crippen molar-refractivity contribution in [3.63, 3.8) is 0 Å². The van der Waals surface area contributed by atoms with Crippen LogP contribution in [0.15, 0.2) is 53.8 Å². The maximum absolute atomic E-state index is 13.6. The van der Waals surface area contributed by atoms with Gasteiger partial charge in [-0.3, -0.25) is 9.59 Å². The highest BCUT2D eigenvalue weighted by Gasteiger charge is 2.70. The number of nitrogens with two attached hydrogens (primary N) is 1. The first-order valence-corrected chi connectivity index (χ1v) is 22.1. The summed E-state index contributed by atoms with van der Waals surface area (Å²) in [5.41, 5.74) is 9.06. The second kappa shape index (κ2) is 15.2. The van der Waals surface area contributed by atoms with Crippen LogP contribution in [-0.2, 0) is 14.3 Å². The van der Waals surface area contributed by atoms with Crippen molar-refractivity contribution >= 4 is 17.8 Å². The second-order valence-corrected chi connectivity index (χ2v) is 20.6. The number of aliphatic hydroxyl groups is 1. The molecule has 58 heavy (non-hydrogen) atoms. The number of pyridine rings is 1. The molecule has 0 spiro atoms. The summed E-state index contributed by atoms with van der Waals surface area (Å²) in [5, 5.41) is 23.5. The van der Waals surface area contributed by atoms with Gasteiger partial charge in [-0.05, 0) is 165 Å². The van der Waals surface area contributed by atoms with Crippen molar-refractivity contribution < 1.29 is 34.1 Å². The number of amides is 1. The zero-order chi connectivity index (χ0) is 42.1. The van der Waals surface area contributed by atoms with E-state index in [9.17, 15) is 24.6 Å². The molecule has 1 aromatic rings. The van der Waals surface area contributed by atoms with Gasteiger partial charge in [0.15, 0.2) is 6.10 Å². The number of nitrogens with zero attached hydrogens (tertiary/aromatic N) is 1. The van der Waals surface area contributed by atoms with E-state index in [1.54, 1.807) is 18.3 Å². The molecule has 0 radical (unpaired) electrons. The van der Waals surface area contributed by atoms with E-state index in [0.29, 0.717) is 42.4 Å². The van der Waals surface area contributed by atoms with Crippen LogP contribution in [-0.4, -0.2) is 64.4 Å². The molecule has 6 aliphatic carbocycles. The van der Waals surface area contributed by atoms with Crippen LogP contribution in [0.5, 0.6) is 5.88 Å². The molecule has 10 nitrogen and oxygen atoms in total. The Morgan fingerprint density at radius 1 is 0.983 bits per heavy atom. The van der Waals surface area contributed by atoms with Crippen LogP contribution in [0, 0.1) is 56.7 Å². The van der Waals surface area contributed by atoms with Crippen LogP contribution in [0.2, 0.25) is 0 Å². The van der Waals surface area contributed by atoms with Gasteiger partial charge in [0.05, 0.1) is 6.61 Å². The zero-order valence-electron chi connectivity index (χ0n) is 36.1.